The Kier molecular flexibility index (Phi) is 4.70. The lowest BCUT2D eigenvalue weighted by Crippen LogP contribution is -1.93. The fraction of sp³-hybridized carbons (Fsp3) is 0.200. The summed E-state index contributed by atoms with van der Waals surface area (Å²) in [5.41, 5.74) is 2.21. The highest BCUT2D eigenvalue weighted by Gasteiger charge is 2.07. The smallest absolute Gasteiger partial charge is 0.0772 e. The van der Waals surface area contributed by atoms with E-state index in [9.17, 15) is 5.11 Å². The maximum atomic E-state index is 9.71. The number of halogens is 1. The van der Waals surface area contributed by atoms with E-state index in [1.165, 1.54) is 5.56 Å². The lowest BCUT2D eigenvalue weighted by molar-refractivity contribution is 0.196. The Bertz CT molecular complexity index is 508. The van der Waals surface area contributed by atoms with Gasteiger partial charge in [-0.15, -0.1) is 11.8 Å². The van der Waals surface area contributed by atoms with Gasteiger partial charge in [0, 0.05) is 15.7 Å². The van der Waals surface area contributed by atoms with Crippen LogP contribution in [0.4, 0.5) is 0 Å². The van der Waals surface area contributed by atoms with Crippen molar-refractivity contribution < 1.29 is 5.11 Å². The minimum atomic E-state index is -0.432. The molecule has 0 radical (unpaired) electrons. The second-order valence-corrected chi connectivity index (χ2v) is 5.58. The highest BCUT2D eigenvalue weighted by molar-refractivity contribution is 7.98. The van der Waals surface area contributed by atoms with Crippen molar-refractivity contribution in [1.82, 2.24) is 0 Å². The Morgan fingerprint density at radius 3 is 2.44 bits per heavy atom. The molecule has 94 valence electrons. The molecule has 2 aromatic carbocycles. The molecule has 1 N–H and O–H groups in total. The van der Waals surface area contributed by atoms with Gasteiger partial charge in [0.2, 0.25) is 0 Å². The van der Waals surface area contributed by atoms with E-state index in [0.29, 0.717) is 0 Å². The molecule has 0 saturated carbocycles. The topological polar surface area (TPSA) is 20.2 Å². The quantitative estimate of drug-likeness (QED) is 0.819. The van der Waals surface area contributed by atoms with E-state index in [4.69, 9.17) is 11.6 Å². The van der Waals surface area contributed by atoms with Crippen LogP contribution in [0.3, 0.4) is 0 Å². The van der Waals surface area contributed by atoms with Crippen LogP contribution in [-0.2, 0) is 5.75 Å². The Morgan fingerprint density at radius 2 is 1.78 bits per heavy atom. The number of hydrogen-bond acceptors (Lipinski definition) is 2. The van der Waals surface area contributed by atoms with Crippen LogP contribution in [-0.4, -0.2) is 5.11 Å². The molecule has 0 spiro atoms. The number of aliphatic hydroxyl groups is 1. The highest BCUT2D eigenvalue weighted by atomic mass is 35.5. The van der Waals surface area contributed by atoms with E-state index in [0.717, 1.165) is 21.2 Å². The maximum absolute atomic E-state index is 9.71. The Hall–Kier alpha value is -0.960. The first kappa shape index (κ1) is 13.5. The molecular formula is C15H15ClOS. The van der Waals surface area contributed by atoms with Gasteiger partial charge in [-0.05, 0) is 36.2 Å². The summed E-state index contributed by atoms with van der Waals surface area (Å²) in [6, 6.07) is 15.8. The monoisotopic (exact) mass is 278 g/mol. The van der Waals surface area contributed by atoms with Gasteiger partial charge in [-0.1, -0.05) is 41.9 Å². The van der Waals surface area contributed by atoms with Crippen LogP contribution in [0.15, 0.2) is 53.4 Å². The Balaban J connectivity index is 2.08. The van der Waals surface area contributed by atoms with E-state index in [-0.39, 0.29) is 0 Å². The van der Waals surface area contributed by atoms with Crippen LogP contribution < -0.4 is 0 Å². The first-order valence-electron chi connectivity index (χ1n) is 5.81. The fourth-order valence-electron chi connectivity index (χ4n) is 1.70. The van der Waals surface area contributed by atoms with Crippen LogP contribution in [0.25, 0.3) is 0 Å². The predicted molar refractivity (Wildman–Crippen MR) is 78.1 cm³/mol. The molecule has 3 heteroatoms. The summed E-state index contributed by atoms with van der Waals surface area (Å²) < 4.78 is 0. The summed E-state index contributed by atoms with van der Waals surface area (Å²) in [7, 11) is 0. The molecule has 1 atom stereocenters. The molecule has 0 unspecified atom stereocenters. The van der Waals surface area contributed by atoms with Gasteiger partial charge in [-0.3, -0.25) is 0 Å². The molecule has 0 heterocycles. The van der Waals surface area contributed by atoms with Crippen molar-refractivity contribution in [3.8, 4) is 0 Å². The van der Waals surface area contributed by atoms with Crippen molar-refractivity contribution >= 4 is 23.4 Å². The first-order valence-corrected chi connectivity index (χ1v) is 7.17. The molecule has 2 aromatic rings. The number of thioether (sulfide) groups is 1. The molecule has 0 aliphatic heterocycles. The van der Waals surface area contributed by atoms with Crippen LogP contribution in [0.2, 0.25) is 5.02 Å². The molecule has 2 rings (SSSR count). The Labute approximate surface area is 117 Å². The van der Waals surface area contributed by atoms with Crippen molar-refractivity contribution in [2.24, 2.45) is 0 Å². The third-order valence-electron chi connectivity index (χ3n) is 2.68. The second-order valence-electron chi connectivity index (χ2n) is 4.13. The molecular weight excluding hydrogens is 264 g/mol. The van der Waals surface area contributed by atoms with Gasteiger partial charge in [-0.25, -0.2) is 0 Å². The van der Waals surface area contributed by atoms with Crippen molar-refractivity contribution in [3.05, 3.63) is 64.7 Å². The van der Waals surface area contributed by atoms with Gasteiger partial charge < -0.3 is 5.11 Å². The molecule has 1 nitrogen and oxygen atoms in total. The number of hydrogen-bond donors (Lipinski definition) is 1. The summed E-state index contributed by atoms with van der Waals surface area (Å²) in [5.74, 6) is 0.876. The minimum Gasteiger partial charge on any atom is -0.389 e. The lowest BCUT2D eigenvalue weighted by Gasteiger charge is -2.11. The van der Waals surface area contributed by atoms with E-state index >= 15 is 0 Å². The third-order valence-corrected chi connectivity index (χ3v) is 4.09. The Morgan fingerprint density at radius 1 is 1.11 bits per heavy atom. The SMILES string of the molecule is C[C@H](O)c1ccccc1SCc1ccc(Cl)cc1. The largest absolute Gasteiger partial charge is 0.389 e. The van der Waals surface area contributed by atoms with Crippen molar-refractivity contribution in [3.63, 3.8) is 0 Å². The van der Waals surface area contributed by atoms with Crippen molar-refractivity contribution in [2.45, 2.75) is 23.7 Å². The predicted octanol–water partition coefficient (Wildman–Crippen LogP) is 4.69. The van der Waals surface area contributed by atoms with Gasteiger partial charge in [0.05, 0.1) is 6.10 Å². The maximum Gasteiger partial charge on any atom is 0.0772 e. The molecule has 0 amide bonds. The third kappa shape index (κ3) is 3.52. The number of rotatable bonds is 4. The number of aliphatic hydroxyl groups excluding tert-OH is 1. The minimum absolute atomic E-state index is 0.432. The molecule has 18 heavy (non-hydrogen) atoms. The van der Waals surface area contributed by atoms with Crippen molar-refractivity contribution in [1.29, 1.82) is 0 Å². The fourth-order valence-corrected chi connectivity index (χ4v) is 2.92. The van der Waals surface area contributed by atoms with E-state index in [2.05, 4.69) is 0 Å². The molecule has 0 bridgehead atoms. The molecule has 0 aromatic heterocycles. The summed E-state index contributed by atoms with van der Waals surface area (Å²) in [6.07, 6.45) is -0.432. The second kappa shape index (κ2) is 6.28. The van der Waals surface area contributed by atoms with Crippen LogP contribution in [0, 0.1) is 0 Å². The highest BCUT2D eigenvalue weighted by Crippen LogP contribution is 2.30. The molecule has 0 aliphatic carbocycles. The zero-order chi connectivity index (χ0) is 13.0. The standard InChI is InChI=1S/C15H15ClOS/c1-11(17)14-4-2-3-5-15(14)18-10-12-6-8-13(16)9-7-12/h2-9,11,17H,10H2,1H3/t11-/m0/s1. The van der Waals surface area contributed by atoms with Gasteiger partial charge >= 0.3 is 0 Å². The van der Waals surface area contributed by atoms with Crippen LogP contribution >= 0.6 is 23.4 Å². The zero-order valence-corrected chi connectivity index (χ0v) is 11.7. The van der Waals surface area contributed by atoms with Gasteiger partial charge in [0.1, 0.15) is 0 Å². The van der Waals surface area contributed by atoms with Crippen LogP contribution in [0.1, 0.15) is 24.2 Å². The average molecular weight is 279 g/mol. The summed E-state index contributed by atoms with van der Waals surface area (Å²) in [4.78, 5) is 1.13. The molecule has 0 saturated heterocycles. The summed E-state index contributed by atoms with van der Waals surface area (Å²) in [6.45, 7) is 1.79. The molecule has 0 aliphatic rings. The van der Waals surface area contributed by atoms with Gasteiger partial charge in [-0.2, -0.15) is 0 Å². The number of benzene rings is 2. The average Bonchev–Trinajstić information content (AvgIpc) is 2.38. The van der Waals surface area contributed by atoms with E-state index in [1.807, 2.05) is 48.5 Å². The van der Waals surface area contributed by atoms with E-state index in [1.54, 1.807) is 18.7 Å². The van der Waals surface area contributed by atoms with E-state index < -0.39 is 6.10 Å². The lowest BCUT2D eigenvalue weighted by atomic mass is 10.1. The van der Waals surface area contributed by atoms with Gasteiger partial charge in [0.15, 0.2) is 0 Å². The van der Waals surface area contributed by atoms with Crippen molar-refractivity contribution in [2.75, 3.05) is 0 Å². The van der Waals surface area contributed by atoms with Gasteiger partial charge in [0.25, 0.3) is 0 Å². The summed E-state index contributed by atoms with van der Waals surface area (Å²) >= 11 is 7.59. The first-order chi connectivity index (χ1) is 8.66. The molecule has 0 fully saturated rings. The normalized spacial score (nSPS) is 12.4. The van der Waals surface area contributed by atoms with Crippen LogP contribution in [0.5, 0.6) is 0 Å². The zero-order valence-electron chi connectivity index (χ0n) is 10.1. The summed E-state index contributed by atoms with van der Waals surface area (Å²) in [5, 5.41) is 10.5.